The Morgan fingerprint density at radius 1 is 1.43 bits per heavy atom. The van der Waals surface area contributed by atoms with Crippen molar-refractivity contribution in [3.8, 4) is 0 Å². The van der Waals surface area contributed by atoms with Gasteiger partial charge in [0.1, 0.15) is 10.7 Å². The number of nitrogens with zero attached hydrogens (tertiary/aromatic N) is 2. The summed E-state index contributed by atoms with van der Waals surface area (Å²) in [5.74, 6) is -0.699. The van der Waals surface area contributed by atoms with Crippen molar-refractivity contribution in [3.05, 3.63) is 41.4 Å². The summed E-state index contributed by atoms with van der Waals surface area (Å²) in [5, 5.41) is 3.86. The zero-order valence-electron chi connectivity index (χ0n) is 11.0. The quantitative estimate of drug-likeness (QED) is 0.844. The second-order valence-corrected chi connectivity index (χ2v) is 6.41. The van der Waals surface area contributed by atoms with Crippen molar-refractivity contribution < 1.29 is 12.8 Å². The van der Waals surface area contributed by atoms with E-state index in [1.54, 1.807) is 0 Å². The van der Waals surface area contributed by atoms with Gasteiger partial charge in [0.25, 0.3) is 10.0 Å². The normalized spacial score (nSPS) is 11.6. The minimum Gasteiger partial charge on any atom is -0.330 e. The van der Waals surface area contributed by atoms with Crippen LogP contribution in [0.2, 0.25) is 5.02 Å². The van der Waals surface area contributed by atoms with E-state index in [0.29, 0.717) is 19.5 Å². The summed E-state index contributed by atoms with van der Waals surface area (Å²) in [7, 11) is -3.82. The van der Waals surface area contributed by atoms with E-state index in [-0.39, 0.29) is 15.6 Å². The van der Waals surface area contributed by atoms with Crippen LogP contribution >= 0.6 is 11.6 Å². The molecule has 0 bridgehead atoms. The molecule has 0 spiro atoms. The highest BCUT2D eigenvalue weighted by Gasteiger charge is 2.17. The zero-order valence-corrected chi connectivity index (χ0v) is 12.5. The van der Waals surface area contributed by atoms with Crippen molar-refractivity contribution in [2.45, 2.75) is 17.9 Å². The van der Waals surface area contributed by atoms with E-state index in [0.717, 1.165) is 6.07 Å². The van der Waals surface area contributed by atoms with Gasteiger partial charge in [0.2, 0.25) is 0 Å². The summed E-state index contributed by atoms with van der Waals surface area (Å²) >= 11 is 5.54. The Balaban J connectivity index is 2.17. The highest BCUT2D eigenvalue weighted by atomic mass is 35.5. The van der Waals surface area contributed by atoms with Crippen LogP contribution in [0.1, 0.15) is 6.42 Å². The molecule has 1 heterocycles. The third-order valence-electron chi connectivity index (χ3n) is 2.68. The van der Waals surface area contributed by atoms with Crippen LogP contribution in [0.25, 0.3) is 0 Å². The van der Waals surface area contributed by atoms with Crippen LogP contribution in [0.5, 0.6) is 0 Å². The van der Waals surface area contributed by atoms with Gasteiger partial charge in [-0.3, -0.25) is 9.40 Å². The first kappa shape index (κ1) is 15.7. The van der Waals surface area contributed by atoms with Gasteiger partial charge >= 0.3 is 0 Å². The Morgan fingerprint density at radius 3 is 2.86 bits per heavy atom. The molecule has 114 valence electrons. The Bertz CT molecular complexity index is 733. The summed E-state index contributed by atoms with van der Waals surface area (Å²) < 4.78 is 41.3. The summed E-state index contributed by atoms with van der Waals surface area (Å²) in [5.41, 5.74) is 5.47. The molecule has 21 heavy (non-hydrogen) atoms. The number of hydrogen-bond acceptors (Lipinski definition) is 4. The van der Waals surface area contributed by atoms with E-state index in [4.69, 9.17) is 17.3 Å². The van der Waals surface area contributed by atoms with Crippen LogP contribution in [0.15, 0.2) is 35.5 Å². The second kappa shape index (κ2) is 6.42. The highest BCUT2D eigenvalue weighted by molar-refractivity contribution is 7.92. The number of hydrogen-bond donors (Lipinski definition) is 2. The Kier molecular flexibility index (Phi) is 4.81. The number of rotatable bonds is 6. The van der Waals surface area contributed by atoms with E-state index in [9.17, 15) is 12.8 Å². The zero-order chi connectivity index (χ0) is 15.5. The van der Waals surface area contributed by atoms with Crippen molar-refractivity contribution in [2.24, 2.45) is 5.73 Å². The van der Waals surface area contributed by atoms with E-state index < -0.39 is 15.8 Å². The smallest absolute Gasteiger partial charge is 0.265 e. The number of sulfonamides is 1. The number of benzene rings is 1. The first-order chi connectivity index (χ1) is 9.92. The van der Waals surface area contributed by atoms with Gasteiger partial charge in [0, 0.05) is 12.7 Å². The molecule has 0 saturated heterocycles. The van der Waals surface area contributed by atoms with Crippen molar-refractivity contribution in [1.29, 1.82) is 0 Å². The van der Waals surface area contributed by atoms with Crippen molar-refractivity contribution in [3.63, 3.8) is 0 Å². The fourth-order valence-corrected chi connectivity index (χ4v) is 2.75. The number of aryl methyl sites for hydroxylation is 1. The Labute approximate surface area is 126 Å². The largest absolute Gasteiger partial charge is 0.330 e. The van der Waals surface area contributed by atoms with Crippen LogP contribution in [-0.4, -0.2) is 24.7 Å². The molecule has 0 unspecified atom stereocenters. The molecular weight excluding hydrogens is 319 g/mol. The molecule has 0 aliphatic rings. The third-order valence-corrected chi connectivity index (χ3v) is 4.33. The fraction of sp³-hybridized carbons (Fsp3) is 0.250. The van der Waals surface area contributed by atoms with Gasteiger partial charge in [0.05, 0.1) is 16.9 Å². The molecule has 1 aromatic heterocycles. The molecule has 6 nitrogen and oxygen atoms in total. The van der Waals surface area contributed by atoms with Crippen LogP contribution in [-0.2, 0) is 16.6 Å². The molecule has 0 radical (unpaired) electrons. The van der Waals surface area contributed by atoms with Crippen molar-refractivity contribution in [1.82, 2.24) is 9.78 Å². The van der Waals surface area contributed by atoms with Crippen LogP contribution in [0.3, 0.4) is 0 Å². The average molecular weight is 333 g/mol. The third kappa shape index (κ3) is 3.93. The topological polar surface area (TPSA) is 90.0 Å². The predicted molar refractivity (Wildman–Crippen MR) is 78.1 cm³/mol. The Morgan fingerprint density at radius 2 is 2.19 bits per heavy atom. The monoisotopic (exact) mass is 332 g/mol. The molecule has 1 aromatic carbocycles. The molecule has 0 fully saturated rings. The first-order valence-corrected chi connectivity index (χ1v) is 7.99. The predicted octanol–water partition coefficient (Wildman–Crippen LogP) is 1.83. The highest BCUT2D eigenvalue weighted by Crippen LogP contribution is 2.21. The van der Waals surface area contributed by atoms with Gasteiger partial charge in [-0.25, -0.2) is 12.8 Å². The van der Waals surface area contributed by atoms with E-state index >= 15 is 0 Å². The summed E-state index contributed by atoms with van der Waals surface area (Å²) in [6.07, 6.45) is 3.31. The van der Waals surface area contributed by atoms with E-state index in [1.165, 1.54) is 29.2 Å². The molecular formula is C12H14ClFN4O2S. The average Bonchev–Trinajstić information content (AvgIpc) is 2.90. The van der Waals surface area contributed by atoms with Gasteiger partial charge in [-0.05, 0) is 31.2 Å². The molecule has 0 aliphatic carbocycles. The first-order valence-electron chi connectivity index (χ1n) is 6.13. The lowest BCUT2D eigenvalue weighted by Gasteiger charge is -2.06. The molecule has 2 rings (SSSR count). The molecule has 0 atom stereocenters. The summed E-state index contributed by atoms with van der Waals surface area (Å²) in [6.45, 7) is 1.02. The van der Waals surface area contributed by atoms with E-state index in [2.05, 4.69) is 9.82 Å². The minimum atomic E-state index is -3.82. The summed E-state index contributed by atoms with van der Waals surface area (Å²) in [4.78, 5) is -0.00474. The maximum absolute atomic E-state index is 13.3. The Hall–Kier alpha value is -1.64. The number of halogens is 2. The molecule has 2 aromatic rings. The van der Waals surface area contributed by atoms with Gasteiger partial charge in [-0.2, -0.15) is 5.10 Å². The van der Waals surface area contributed by atoms with Crippen LogP contribution in [0.4, 0.5) is 10.1 Å². The maximum Gasteiger partial charge on any atom is 0.265 e. The number of nitrogens with one attached hydrogen (secondary N) is 1. The lowest BCUT2D eigenvalue weighted by molar-refractivity contribution is 0.582. The van der Waals surface area contributed by atoms with Crippen LogP contribution in [0, 0.1) is 5.82 Å². The SMILES string of the molecule is NCCCn1cc(S(=O)(=O)Nc2ccc(Cl)c(F)c2)cn1. The summed E-state index contributed by atoms with van der Waals surface area (Å²) in [6, 6.07) is 3.67. The lowest BCUT2D eigenvalue weighted by Crippen LogP contribution is -2.12. The molecule has 9 heteroatoms. The van der Waals surface area contributed by atoms with Crippen LogP contribution < -0.4 is 10.5 Å². The minimum absolute atomic E-state index is 0.00474. The van der Waals surface area contributed by atoms with Gasteiger partial charge in [-0.1, -0.05) is 11.6 Å². The standard InChI is InChI=1S/C12H14ClFN4O2S/c13-11-3-2-9(6-12(11)14)17-21(19,20)10-7-16-18(8-10)5-1-4-15/h2-3,6-8,17H,1,4-5,15H2. The number of nitrogens with two attached hydrogens (primary N) is 1. The van der Waals surface area contributed by atoms with Gasteiger partial charge in [0.15, 0.2) is 0 Å². The lowest BCUT2D eigenvalue weighted by atomic mass is 10.3. The van der Waals surface area contributed by atoms with E-state index in [1.807, 2.05) is 0 Å². The molecule has 0 aliphatic heterocycles. The van der Waals surface area contributed by atoms with Gasteiger partial charge < -0.3 is 5.73 Å². The second-order valence-electron chi connectivity index (χ2n) is 4.32. The molecule has 3 N–H and O–H groups in total. The maximum atomic E-state index is 13.3. The molecule has 0 saturated carbocycles. The van der Waals surface area contributed by atoms with Crippen molar-refractivity contribution >= 4 is 27.3 Å². The van der Waals surface area contributed by atoms with Crippen molar-refractivity contribution in [2.75, 3.05) is 11.3 Å². The number of aromatic nitrogens is 2. The fourth-order valence-electron chi connectivity index (χ4n) is 1.63. The number of anilines is 1. The van der Waals surface area contributed by atoms with Gasteiger partial charge in [-0.15, -0.1) is 0 Å². The molecule has 0 amide bonds.